The number of amides is 1. The molecular formula is C12H16N4O2S. The van der Waals surface area contributed by atoms with Crippen molar-refractivity contribution in [3.8, 4) is 0 Å². The van der Waals surface area contributed by atoms with E-state index in [9.17, 15) is 9.59 Å². The summed E-state index contributed by atoms with van der Waals surface area (Å²) in [7, 11) is 3.40. The summed E-state index contributed by atoms with van der Waals surface area (Å²) in [6.45, 7) is 2.62. The maximum atomic E-state index is 11.9. The number of aromatic nitrogens is 2. The molecule has 2 aromatic heterocycles. The number of hydrogen-bond donors (Lipinski definition) is 2. The number of aromatic amines is 1. The third-order valence-corrected chi connectivity index (χ3v) is 3.85. The highest BCUT2D eigenvalue weighted by molar-refractivity contribution is 7.17. The van der Waals surface area contributed by atoms with Gasteiger partial charge < -0.3 is 10.3 Å². The monoisotopic (exact) mass is 280 g/mol. The predicted octanol–water partition coefficient (Wildman–Crippen LogP) is 0.471. The van der Waals surface area contributed by atoms with Gasteiger partial charge in [-0.05, 0) is 24.9 Å². The van der Waals surface area contributed by atoms with Crippen LogP contribution in [-0.2, 0) is 11.3 Å². The van der Waals surface area contributed by atoms with Crippen LogP contribution in [0.3, 0.4) is 0 Å². The molecule has 0 aliphatic rings. The molecule has 2 N–H and O–H groups in total. The highest BCUT2D eigenvalue weighted by Crippen LogP contribution is 2.19. The van der Waals surface area contributed by atoms with Crippen molar-refractivity contribution in [3.05, 3.63) is 27.1 Å². The fourth-order valence-corrected chi connectivity index (χ4v) is 2.68. The average Bonchev–Trinajstić information content (AvgIpc) is 2.71. The molecule has 0 spiro atoms. The van der Waals surface area contributed by atoms with Crippen molar-refractivity contribution in [1.82, 2.24) is 20.2 Å². The second-order valence-corrected chi connectivity index (χ2v) is 5.33. The van der Waals surface area contributed by atoms with Crippen molar-refractivity contribution < 1.29 is 4.79 Å². The van der Waals surface area contributed by atoms with Crippen molar-refractivity contribution in [2.24, 2.45) is 0 Å². The second kappa shape index (κ2) is 5.50. The normalized spacial score (nSPS) is 11.2. The minimum atomic E-state index is -0.119. The van der Waals surface area contributed by atoms with Gasteiger partial charge in [0, 0.05) is 7.05 Å². The zero-order chi connectivity index (χ0) is 14.0. The molecule has 2 aromatic rings. The summed E-state index contributed by atoms with van der Waals surface area (Å²) in [5, 5.41) is 4.48. The first-order chi connectivity index (χ1) is 9.01. The number of aryl methyl sites for hydroxylation is 1. The summed E-state index contributed by atoms with van der Waals surface area (Å²) >= 11 is 1.40. The van der Waals surface area contributed by atoms with E-state index in [0.717, 1.165) is 11.1 Å². The van der Waals surface area contributed by atoms with Crippen LogP contribution in [0.5, 0.6) is 0 Å². The first kappa shape index (κ1) is 13.7. The lowest BCUT2D eigenvalue weighted by atomic mass is 10.3. The third-order valence-electron chi connectivity index (χ3n) is 2.77. The minimum absolute atomic E-state index is 0.0716. The zero-order valence-corrected chi connectivity index (χ0v) is 11.9. The van der Waals surface area contributed by atoms with Crippen molar-refractivity contribution in [2.45, 2.75) is 13.5 Å². The van der Waals surface area contributed by atoms with Crippen LogP contribution < -0.4 is 10.9 Å². The molecule has 0 unspecified atom stereocenters. The quantitative estimate of drug-likeness (QED) is 0.853. The Hall–Kier alpha value is -1.73. The SMILES string of the molecule is CNC(=O)CN(C)Cc1nc2c(C)csc2c(=O)[nH]1. The van der Waals surface area contributed by atoms with Gasteiger partial charge in [-0.3, -0.25) is 14.5 Å². The molecular weight excluding hydrogens is 264 g/mol. The maximum Gasteiger partial charge on any atom is 0.268 e. The number of carbonyl (C=O) groups excluding carboxylic acids is 1. The fourth-order valence-electron chi connectivity index (χ4n) is 1.80. The molecule has 0 saturated heterocycles. The maximum absolute atomic E-state index is 11.9. The Morgan fingerprint density at radius 1 is 1.58 bits per heavy atom. The smallest absolute Gasteiger partial charge is 0.268 e. The van der Waals surface area contributed by atoms with Gasteiger partial charge in [-0.2, -0.15) is 0 Å². The van der Waals surface area contributed by atoms with Crippen molar-refractivity contribution in [3.63, 3.8) is 0 Å². The lowest BCUT2D eigenvalue weighted by Gasteiger charge is -2.14. The molecule has 19 heavy (non-hydrogen) atoms. The number of fused-ring (bicyclic) bond motifs is 1. The number of rotatable bonds is 4. The first-order valence-electron chi connectivity index (χ1n) is 5.87. The standard InChI is InChI=1S/C12H16N4O2S/c1-7-6-19-11-10(7)14-8(15-12(11)18)4-16(3)5-9(17)13-2/h6H,4-5H2,1-3H3,(H,13,17)(H,14,15,18). The van der Waals surface area contributed by atoms with Gasteiger partial charge in [0.2, 0.25) is 5.91 Å². The minimum Gasteiger partial charge on any atom is -0.358 e. The van der Waals surface area contributed by atoms with Crippen LogP contribution in [-0.4, -0.2) is 41.4 Å². The van der Waals surface area contributed by atoms with E-state index < -0.39 is 0 Å². The van der Waals surface area contributed by atoms with E-state index in [-0.39, 0.29) is 18.0 Å². The summed E-state index contributed by atoms with van der Waals surface area (Å²) in [4.78, 5) is 32.2. The van der Waals surface area contributed by atoms with Crippen LogP contribution in [0.15, 0.2) is 10.2 Å². The Kier molecular flexibility index (Phi) is 3.96. The molecule has 0 atom stereocenters. The van der Waals surface area contributed by atoms with Crippen LogP contribution in [0, 0.1) is 6.92 Å². The number of nitrogens with one attached hydrogen (secondary N) is 2. The van der Waals surface area contributed by atoms with Gasteiger partial charge in [-0.1, -0.05) is 0 Å². The molecule has 0 aliphatic heterocycles. The predicted molar refractivity (Wildman–Crippen MR) is 75.4 cm³/mol. The molecule has 2 heterocycles. The molecule has 0 bridgehead atoms. The van der Waals surface area contributed by atoms with Gasteiger partial charge in [0.25, 0.3) is 5.56 Å². The van der Waals surface area contributed by atoms with E-state index in [1.54, 1.807) is 19.0 Å². The van der Waals surface area contributed by atoms with E-state index in [2.05, 4.69) is 15.3 Å². The van der Waals surface area contributed by atoms with Gasteiger partial charge in [-0.25, -0.2) is 4.98 Å². The van der Waals surface area contributed by atoms with Crippen LogP contribution in [0.1, 0.15) is 11.4 Å². The molecule has 1 amide bonds. The van der Waals surface area contributed by atoms with Gasteiger partial charge in [0.05, 0.1) is 18.6 Å². The number of thiophene rings is 1. The van der Waals surface area contributed by atoms with Crippen molar-refractivity contribution in [1.29, 1.82) is 0 Å². The van der Waals surface area contributed by atoms with Crippen molar-refractivity contribution >= 4 is 27.5 Å². The highest BCUT2D eigenvalue weighted by atomic mass is 32.1. The largest absolute Gasteiger partial charge is 0.358 e. The Bertz CT molecular complexity index is 661. The topological polar surface area (TPSA) is 78.1 Å². The van der Waals surface area contributed by atoms with E-state index >= 15 is 0 Å². The molecule has 6 nitrogen and oxygen atoms in total. The summed E-state index contributed by atoms with van der Waals surface area (Å²) in [6.07, 6.45) is 0. The zero-order valence-electron chi connectivity index (χ0n) is 11.1. The first-order valence-corrected chi connectivity index (χ1v) is 6.75. The lowest BCUT2D eigenvalue weighted by molar-refractivity contribution is -0.121. The van der Waals surface area contributed by atoms with Crippen LogP contribution >= 0.6 is 11.3 Å². The van der Waals surface area contributed by atoms with Gasteiger partial charge >= 0.3 is 0 Å². The number of hydrogen-bond acceptors (Lipinski definition) is 5. The molecule has 7 heteroatoms. The summed E-state index contributed by atoms with van der Waals surface area (Å²) in [6, 6.07) is 0. The Morgan fingerprint density at radius 3 is 3.00 bits per heavy atom. The molecule has 0 radical (unpaired) electrons. The summed E-state index contributed by atoms with van der Waals surface area (Å²) in [5.41, 5.74) is 1.63. The van der Waals surface area contributed by atoms with E-state index in [0.29, 0.717) is 17.1 Å². The number of carbonyl (C=O) groups is 1. The van der Waals surface area contributed by atoms with Crippen LogP contribution in [0.25, 0.3) is 10.2 Å². The van der Waals surface area contributed by atoms with Gasteiger partial charge in [0.1, 0.15) is 10.5 Å². The second-order valence-electron chi connectivity index (χ2n) is 4.45. The van der Waals surface area contributed by atoms with E-state index in [4.69, 9.17) is 0 Å². The molecule has 0 aromatic carbocycles. The Morgan fingerprint density at radius 2 is 2.32 bits per heavy atom. The number of likely N-dealkylation sites (N-methyl/N-ethyl adjacent to an activating group) is 2. The fraction of sp³-hybridized carbons (Fsp3) is 0.417. The van der Waals surface area contributed by atoms with Crippen LogP contribution in [0.4, 0.5) is 0 Å². The Balaban J connectivity index is 2.23. The summed E-state index contributed by atoms with van der Waals surface area (Å²) in [5.74, 6) is 0.503. The molecule has 0 saturated carbocycles. The summed E-state index contributed by atoms with van der Waals surface area (Å²) < 4.78 is 0.648. The third kappa shape index (κ3) is 2.99. The van der Waals surface area contributed by atoms with E-state index in [1.807, 2.05) is 12.3 Å². The van der Waals surface area contributed by atoms with Crippen LogP contribution in [0.2, 0.25) is 0 Å². The molecule has 102 valence electrons. The van der Waals surface area contributed by atoms with E-state index in [1.165, 1.54) is 11.3 Å². The number of H-pyrrole nitrogens is 1. The van der Waals surface area contributed by atoms with Gasteiger partial charge in [-0.15, -0.1) is 11.3 Å². The lowest BCUT2D eigenvalue weighted by Crippen LogP contribution is -2.33. The average molecular weight is 280 g/mol. The Labute approximate surface area is 114 Å². The molecule has 2 rings (SSSR count). The highest BCUT2D eigenvalue weighted by Gasteiger charge is 2.11. The van der Waals surface area contributed by atoms with Crippen molar-refractivity contribution in [2.75, 3.05) is 20.6 Å². The molecule has 0 aliphatic carbocycles. The number of nitrogens with zero attached hydrogens (tertiary/aromatic N) is 2. The van der Waals surface area contributed by atoms with Gasteiger partial charge in [0.15, 0.2) is 0 Å². The molecule has 0 fully saturated rings.